The van der Waals surface area contributed by atoms with Crippen LogP contribution in [0.2, 0.25) is 0 Å². The van der Waals surface area contributed by atoms with Crippen LogP contribution in [-0.2, 0) is 4.79 Å². The number of rotatable bonds is 1. The molecule has 0 N–H and O–H groups in total. The molecule has 0 fully saturated rings. The Kier molecular flexibility index (Phi) is 2.61. The van der Waals surface area contributed by atoms with Crippen LogP contribution in [0.25, 0.3) is 0 Å². The highest BCUT2D eigenvalue weighted by atomic mass is 19.1. The lowest BCUT2D eigenvalue weighted by Crippen LogP contribution is -2.15. The number of benzene rings is 1. The molecule has 0 aromatic heterocycles. The van der Waals surface area contributed by atoms with Crippen molar-refractivity contribution in [3.8, 4) is 6.07 Å². The molecule has 1 aliphatic heterocycles. The average Bonchev–Trinajstić information content (AvgIpc) is 2.30. The van der Waals surface area contributed by atoms with Crippen LogP contribution >= 0.6 is 0 Å². The van der Waals surface area contributed by atoms with E-state index in [0.717, 1.165) is 0 Å². The number of carbonyl (C=O) groups excluding carboxylic acids is 1. The molecule has 16 heavy (non-hydrogen) atoms. The van der Waals surface area contributed by atoms with Crippen molar-refractivity contribution in [1.82, 2.24) is 0 Å². The molecule has 1 atom stereocenters. The molecule has 1 aromatic carbocycles. The molecular weight excluding hydrogens is 207 g/mol. The smallest absolute Gasteiger partial charge is 0.267 e. The Bertz CT molecular complexity index is 523. The molecule has 0 bridgehead atoms. The summed E-state index contributed by atoms with van der Waals surface area (Å²) in [5, 5.41) is 8.61. The van der Waals surface area contributed by atoms with Gasteiger partial charge in [0.2, 0.25) is 0 Å². The Balaban J connectivity index is 2.32. The Morgan fingerprint density at radius 3 is 2.56 bits per heavy atom. The lowest BCUT2D eigenvalue weighted by Gasteiger charge is -2.08. The van der Waals surface area contributed by atoms with E-state index in [0.29, 0.717) is 11.3 Å². The number of amides is 1. The van der Waals surface area contributed by atoms with Gasteiger partial charge in [0, 0.05) is 5.56 Å². The summed E-state index contributed by atoms with van der Waals surface area (Å²) < 4.78 is 12.7. The first-order valence-corrected chi connectivity index (χ1v) is 4.67. The average molecular weight is 214 g/mol. The minimum absolute atomic E-state index is 0.342. The second kappa shape index (κ2) is 4.07. The molecular formula is C12H7FN2O. The Morgan fingerprint density at radius 1 is 1.31 bits per heavy atom. The minimum atomic E-state index is -0.802. The van der Waals surface area contributed by atoms with E-state index in [2.05, 4.69) is 4.99 Å². The van der Waals surface area contributed by atoms with Crippen LogP contribution < -0.4 is 0 Å². The van der Waals surface area contributed by atoms with Crippen LogP contribution in [0, 0.1) is 23.1 Å². The highest BCUT2D eigenvalue weighted by Gasteiger charge is 2.18. The number of nitrogens with zero attached hydrogens (tertiary/aromatic N) is 2. The lowest BCUT2D eigenvalue weighted by atomic mass is 10.0. The van der Waals surface area contributed by atoms with Crippen molar-refractivity contribution in [3.63, 3.8) is 0 Å². The number of hydrogen-bond donors (Lipinski definition) is 0. The standard InChI is InChI=1S/C12H7FN2O/c13-10-4-1-8(2-5-10)11-6-3-9(7-14)12(16)15-11/h1-6,9H. The zero-order valence-corrected chi connectivity index (χ0v) is 8.22. The molecule has 0 saturated carbocycles. The fraction of sp³-hybridized carbons (Fsp3) is 0.0833. The van der Waals surface area contributed by atoms with Gasteiger partial charge in [-0.25, -0.2) is 9.38 Å². The van der Waals surface area contributed by atoms with Crippen LogP contribution in [0.3, 0.4) is 0 Å². The lowest BCUT2D eigenvalue weighted by molar-refractivity contribution is -0.118. The molecule has 0 radical (unpaired) electrons. The monoisotopic (exact) mass is 214 g/mol. The fourth-order valence-electron chi connectivity index (χ4n) is 1.37. The van der Waals surface area contributed by atoms with Crippen molar-refractivity contribution in [2.75, 3.05) is 0 Å². The number of carbonyl (C=O) groups is 1. The van der Waals surface area contributed by atoms with E-state index in [-0.39, 0.29) is 5.82 Å². The predicted octanol–water partition coefficient (Wildman–Crippen LogP) is 1.85. The van der Waals surface area contributed by atoms with Gasteiger partial charge in [0.1, 0.15) is 11.7 Å². The third-order valence-electron chi connectivity index (χ3n) is 2.22. The third kappa shape index (κ3) is 1.89. The van der Waals surface area contributed by atoms with Gasteiger partial charge in [0.05, 0.1) is 11.8 Å². The molecule has 1 aromatic rings. The zero-order chi connectivity index (χ0) is 11.5. The van der Waals surface area contributed by atoms with Gasteiger partial charge in [-0.1, -0.05) is 6.08 Å². The van der Waals surface area contributed by atoms with E-state index < -0.39 is 11.8 Å². The van der Waals surface area contributed by atoms with Crippen molar-refractivity contribution >= 4 is 11.6 Å². The van der Waals surface area contributed by atoms with E-state index in [1.54, 1.807) is 18.2 Å². The predicted molar refractivity (Wildman–Crippen MR) is 56.2 cm³/mol. The molecule has 1 unspecified atom stereocenters. The van der Waals surface area contributed by atoms with Gasteiger partial charge < -0.3 is 0 Å². The summed E-state index contributed by atoms with van der Waals surface area (Å²) in [6, 6.07) is 7.51. The molecule has 0 saturated heterocycles. The van der Waals surface area contributed by atoms with Crippen LogP contribution in [0.4, 0.5) is 4.39 Å². The summed E-state index contributed by atoms with van der Waals surface area (Å²) >= 11 is 0. The number of halogens is 1. The van der Waals surface area contributed by atoms with Crippen LogP contribution in [0.15, 0.2) is 41.4 Å². The number of aliphatic imine (C=N–C) groups is 1. The topological polar surface area (TPSA) is 53.2 Å². The molecule has 0 spiro atoms. The van der Waals surface area contributed by atoms with Crippen LogP contribution in [0.5, 0.6) is 0 Å². The molecule has 1 heterocycles. The van der Waals surface area contributed by atoms with Crippen molar-refractivity contribution in [3.05, 3.63) is 47.8 Å². The van der Waals surface area contributed by atoms with E-state index in [4.69, 9.17) is 5.26 Å². The van der Waals surface area contributed by atoms with Gasteiger partial charge in [-0.15, -0.1) is 0 Å². The van der Waals surface area contributed by atoms with Crippen molar-refractivity contribution in [2.24, 2.45) is 10.9 Å². The maximum Gasteiger partial charge on any atom is 0.267 e. The number of nitriles is 1. The van der Waals surface area contributed by atoms with E-state index in [9.17, 15) is 9.18 Å². The quantitative estimate of drug-likeness (QED) is 0.716. The van der Waals surface area contributed by atoms with E-state index >= 15 is 0 Å². The molecule has 2 rings (SSSR count). The third-order valence-corrected chi connectivity index (χ3v) is 2.22. The van der Waals surface area contributed by atoms with Crippen molar-refractivity contribution < 1.29 is 9.18 Å². The van der Waals surface area contributed by atoms with Crippen molar-refractivity contribution in [2.45, 2.75) is 0 Å². The molecule has 0 aliphatic carbocycles. The molecule has 4 heteroatoms. The van der Waals surface area contributed by atoms with Gasteiger partial charge in [0.15, 0.2) is 0 Å². The van der Waals surface area contributed by atoms with Gasteiger partial charge in [-0.3, -0.25) is 4.79 Å². The van der Waals surface area contributed by atoms with E-state index in [1.807, 2.05) is 6.07 Å². The zero-order valence-electron chi connectivity index (χ0n) is 8.22. The summed E-state index contributed by atoms with van der Waals surface area (Å²) in [5.74, 6) is -1.63. The molecule has 1 amide bonds. The normalized spacial score (nSPS) is 19.1. The number of hydrogen-bond acceptors (Lipinski definition) is 2. The first-order valence-electron chi connectivity index (χ1n) is 4.67. The number of allylic oxidation sites excluding steroid dienone is 1. The van der Waals surface area contributed by atoms with Gasteiger partial charge >= 0.3 is 0 Å². The summed E-state index contributed by atoms with van der Waals surface area (Å²) in [6.45, 7) is 0. The maximum atomic E-state index is 12.7. The minimum Gasteiger partial charge on any atom is -0.271 e. The second-order valence-electron chi connectivity index (χ2n) is 3.31. The second-order valence-corrected chi connectivity index (χ2v) is 3.31. The fourth-order valence-corrected chi connectivity index (χ4v) is 1.37. The van der Waals surface area contributed by atoms with E-state index in [1.165, 1.54) is 18.2 Å². The van der Waals surface area contributed by atoms with Gasteiger partial charge in [0.25, 0.3) is 5.91 Å². The first kappa shape index (κ1) is 10.2. The van der Waals surface area contributed by atoms with Crippen LogP contribution in [-0.4, -0.2) is 11.6 Å². The summed E-state index contributed by atoms with van der Waals surface area (Å²) in [5.41, 5.74) is 1.11. The van der Waals surface area contributed by atoms with Gasteiger partial charge in [-0.05, 0) is 30.3 Å². The van der Waals surface area contributed by atoms with Crippen molar-refractivity contribution in [1.29, 1.82) is 5.26 Å². The summed E-state index contributed by atoms with van der Waals surface area (Å²) in [4.78, 5) is 15.1. The maximum absolute atomic E-state index is 12.7. The highest BCUT2D eigenvalue weighted by molar-refractivity contribution is 6.15. The van der Waals surface area contributed by atoms with Gasteiger partial charge in [-0.2, -0.15) is 5.26 Å². The van der Waals surface area contributed by atoms with Crippen LogP contribution in [0.1, 0.15) is 5.56 Å². The summed E-state index contributed by atoms with van der Waals surface area (Å²) in [6.07, 6.45) is 3.09. The highest BCUT2D eigenvalue weighted by Crippen LogP contribution is 2.13. The Hall–Kier alpha value is -2.28. The summed E-state index contributed by atoms with van der Waals surface area (Å²) in [7, 11) is 0. The Labute approximate surface area is 91.5 Å². The largest absolute Gasteiger partial charge is 0.271 e. The SMILES string of the molecule is N#CC1C=CC(c2ccc(F)cc2)=NC1=O. The Morgan fingerprint density at radius 2 is 2.00 bits per heavy atom. The number of dihydropyridines is 1. The first-order chi connectivity index (χ1) is 7.70. The molecule has 1 aliphatic rings. The molecule has 78 valence electrons. The molecule has 3 nitrogen and oxygen atoms in total.